The van der Waals surface area contributed by atoms with E-state index in [-0.39, 0.29) is 6.61 Å². The first-order valence-corrected chi connectivity index (χ1v) is 6.62. The molecule has 2 aromatic rings. The zero-order valence-electron chi connectivity index (χ0n) is 10.7. The monoisotopic (exact) mass is 327 g/mol. The summed E-state index contributed by atoms with van der Waals surface area (Å²) in [6, 6.07) is 7.88. The van der Waals surface area contributed by atoms with Crippen LogP contribution in [0.2, 0.25) is 10.0 Å². The average molecular weight is 328 g/mol. The van der Waals surface area contributed by atoms with Crippen LogP contribution in [0.4, 0.5) is 0 Å². The number of rotatable bonds is 4. The maximum Gasteiger partial charge on any atom is 0.286 e. The average Bonchev–Trinajstić information content (AvgIpc) is 3.00. The second-order valence-electron chi connectivity index (χ2n) is 3.95. The number of carbonyl (C=O) groups is 2. The van der Waals surface area contributed by atoms with E-state index in [9.17, 15) is 9.59 Å². The van der Waals surface area contributed by atoms with E-state index in [1.54, 1.807) is 30.5 Å². The summed E-state index contributed by atoms with van der Waals surface area (Å²) in [7, 11) is 0. The van der Waals surface area contributed by atoms with Crippen LogP contribution >= 0.6 is 23.2 Å². The van der Waals surface area contributed by atoms with E-state index < -0.39 is 11.8 Å². The van der Waals surface area contributed by atoms with Crippen LogP contribution in [0.5, 0.6) is 5.75 Å². The summed E-state index contributed by atoms with van der Waals surface area (Å²) in [6.45, 7) is -0.275. The number of aromatic nitrogens is 1. The van der Waals surface area contributed by atoms with Crippen molar-refractivity contribution in [2.24, 2.45) is 0 Å². The molecular formula is C13H11Cl2N3O3. The molecule has 0 aliphatic rings. The van der Waals surface area contributed by atoms with Gasteiger partial charge in [0, 0.05) is 12.3 Å². The highest BCUT2D eigenvalue weighted by atomic mass is 35.5. The highest BCUT2D eigenvalue weighted by molar-refractivity contribution is 6.42. The minimum Gasteiger partial charge on any atom is -0.484 e. The molecule has 0 radical (unpaired) electrons. The first-order chi connectivity index (χ1) is 10.1. The zero-order valence-corrected chi connectivity index (χ0v) is 12.2. The van der Waals surface area contributed by atoms with E-state index >= 15 is 0 Å². The third-order valence-electron chi connectivity index (χ3n) is 2.42. The summed E-state index contributed by atoms with van der Waals surface area (Å²) in [5.41, 5.74) is 4.80. The Morgan fingerprint density at radius 2 is 1.95 bits per heavy atom. The summed E-state index contributed by atoms with van der Waals surface area (Å²) in [5.74, 6) is -0.570. The molecule has 1 heterocycles. The van der Waals surface area contributed by atoms with Gasteiger partial charge in [-0.15, -0.1) is 0 Å². The quantitative estimate of drug-likeness (QED) is 0.752. The molecular weight excluding hydrogens is 317 g/mol. The van der Waals surface area contributed by atoms with Gasteiger partial charge in [0.2, 0.25) is 0 Å². The van der Waals surface area contributed by atoms with Gasteiger partial charge >= 0.3 is 0 Å². The number of carbonyl (C=O) groups excluding carboxylic acids is 2. The summed E-state index contributed by atoms with van der Waals surface area (Å²) < 4.78 is 5.21. The molecule has 1 aromatic heterocycles. The smallest absolute Gasteiger partial charge is 0.286 e. The van der Waals surface area contributed by atoms with E-state index in [4.69, 9.17) is 27.9 Å². The fourth-order valence-electron chi connectivity index (χ4n) is 1.42. The number of hydrogen-bond donors (Lipinski definition) is 3. The number of halogens is 2. The van der Waals surface area contributed by atoms with E-state index in [1.807, 2.05) is 0 Å². The lowest BCUT2D eigenvalue weighted by Gasteiger charge is -2.08. The predicted molar refractivity (Wildman–Crippen MR) is 78.4 cm³/mol. The van der Waals surface area contributed by atoms with Crippen molar-refractivity contribution >= 4 is 35.0 Å². The normalized spacial score (nSPS) is 10.0. The number of ether oxygens (including phenoxy) is 1. The largest absolute Gasteiger partial charge is 0.484 e. The lowest BCUT2D eigenvalue weighted by Crippen LogP contribution is -2.43. The van der Waals surface area contributed by atoms with Crippen LogP contribution < -0.4 is 15.6 Å². The molecule has 0 unspecified atom stereocenters. The second-order valence-corrected chi connectivity index (χ2v) is 4.77. The van der Waals surface area contributed by atoms with E-state index in [0.29, 0.717) is 21.5 Å². The van der Waals surface area contributed by atoms with Gasteiger partial charge in [0.25, 0.3) is 11.8 Å². The van der Waals surface area contributed by atoms with Gasteiger partial charge in [-0.05, 0) is 24.3 Å². The minimum absolute atomic E-state index is 0.275. The molecule has 0 saturated carbocycles. The second kappa shape index (κ2) is 7.01. The van der Waals surface area contributed by atoms with Crippen LogP contribution in [-0.4, -0.2) is 23.4 Å². The van der Waals surface area contributed by atoms with Gasteiger partial charge in [0.1, 0.15) is 11.4 Å². The standard InChI is InChI=1S/C13H11Cl2N3O3/c14-9-4-3-8(6-10(9)15)21-7-12(19)17-18-13(20)11-2-1-5-16-11/h1-6,16H,7H2,(H,17,19)(H,18,20). The number of benzene rings is 1. The van der Waals surface area contributed by atoms with Gasteiger partial charge in [0.15, 0.2) is 6.61 Å². The maximum absolute atomic E-state index is 11.5. The van der Waals surface area contributed by atoms with Gasteiger partial charge in [-0.1, -0.05) is 23.2 Å². The summed E-state index contributed by atoms with van der Waals surface area (Å²) in [4.78, 5) is 25.8. The third-order valence-corrected chi connectivity index (χ3v) is 3.16. The first kappa shape index (κ1) is 15.2. The van der Waals surface area contributed by atoms with Crippen molar-refractivity contribution in [2.75, 3.05) is 6.61 Å². The summed E-state index contributed by atoms with van der Waals surface area (Å²) in [6.07, 6.45) is 1.60. The fourth-order valence-corrected chi connectivity index (χ4v) is 1.71. The van der Waals surface area contributed by atoms with Crippen LogP contribution in [0.25, 0.3) is 0 Å². The van der Waals surface area contributed by atoms with Crippen LogP contribution in [0.15, 0.2) is 36.5 Å². The molecule has 0 atom stereocenters. The molecule has 0 bridgehead atoms. The number of H-pyrrole nitrogens is 1. The summed E-state index contributed by atoms with van der Waals surface area (Å²) >= 11 is 11.6. The van der Waals surface area contributed by atoms with Gasteiger partial charge in [-0.3, -0.25) is 20.4 Å². The Balaban J connectivity index is 1.77. The lowest BCUT2D eigenvalue weighted by molar-refractivity contribution is -0.123. The lowest BCUT2D eigenvalue weighted by atomic mass is 10.3. The van der Waals surface area contributed by atoms with Crippen molar-refractivity contribution in [3.05, 3.63) is 52.3 Å². The molecule has 21 heavy (non-hydrogen) atoms. The molecule has 0 aliphatic carbocycles. The SMILES string of the molecule is O=C(COc1ccc(Cl)c(Cl)c1)NNC(=O)c1ccc[nH]1. The predicted octanol–water partition coefficient (Wildman–Crippen LogP) is 2.16. The van der Waals surface area contributed by atoms with Gasteiger partial charge in [-0.25, -0.2) is 0 Å². The van der Waals surface area contributed by atoms with Crippen LogP contribution in [0.3, 0.4) is 0 Å². The molecule has 0 spiro atoms. The van der Waals surface area contributed by atoms with E-state index in [1.165, 1.54) is 6.07 Å². The number of aromatic amines is 1. The number of hydrazine groups is 1. The highest BCUT2D eigenvalue weighted by Crippen LogP contribution is 2.26. The number of amides is 2. The van der Waals surface area contributed by atoms with E-state index in [0.717, 1.165) is 0 Å². The molecule has 1 aromatic carbocycles. The van der Waals surface area contributed by atoms with Crippen LogP contribution in [-0.2, 0) is 4.79 Å². The number of nitrogens with one attached hydrogen (secondary N) is 3. The number of hydrogen-bond acceptors (Lipinski definition) is 3. The molecule has 3 N–H and O–H groups in total. The molecule has 2 rings (SSSR count). The Labute approximate surface area is 130 Å². The van der Waals surface area contributed by atoms with Crippen molar-refractivity contribution in [1.29, 1.82) is 0 Å². The van der Waals surface area contributed by atoms with Gasteiger partial charge < -0.3 is 9.72 Å². The molecule has 0 fully saturated rings. The van der Waals surface area contributed by atoms with Crippen LogP contribution in [0, 0.1) is 0 Å². The van der Waals surface area contributed by atoms with Gasteiger partial charge in [0.05, 0.1) is 10.0 Å². The highest BCUT2D eigenvalue weighted by Gasteiger charge is 2.08. The molecule has 2 amide bonds. The van der Waals surface area contributed by atoms with E-state index in [2.05, 4.69) is 15.8 Å². The Hall–Kier alpha value is -2.18. The van der Waals surface area contributed by atoms with Crippen molar-refractivity contribution < 1.29 is 14.3 Å². The molecule has 110 valence electrons. The first-order valence-electron chi connectivity index (χ1n) is 5.86. The summed E-state index contributed by atoms with van der Waals surface area (Å²) in [5, 5.41) is 0.723. The van der Waals surface area contributed by atoms with Gasteiger partial charge in [-0.2, -0.15) is 0 Å². The van der Waals surface area contributed by atoms with Crippen molar-refractivity contribution in [1.82, 2.24) is 15.8 Å². The molecule has 6 nitrogen and oxygen atoms in total. The fraction of sp³-hybridized carbons (Fsp3) is 0.0769. The Bertz CT molecular complexity index is 644. The van der Waals surface area contributed by atoms with Crippen molar-refractivity contribution in [3.8, 4) is 5.75 Å². The molecule has 8 heteroatoms. The maximum atomic E-state index is 11.5. The Kier molecular flexibility index (Phi) is 5.08. The minimum atomic E-state index is -0.513. The Morgan fingerprint density at radius 1 is 1.14 bits per heavy atom. The Morgan fingerprint density at radius 3 is 2.62 bits per heavy atom. The van der Waals surface area contributed by atoms with Crippen molar-refractivity contribution in [2.45, 2.75) is 0 Å². The molecule has 0 saturated heterocycles. The topological polar surface area (TPSA) is 83.2 Å². The van der Waals surface area contributed by atoms with Crippen molar-refractivity contribution in [3.63, 3.8) is 0 Å². The molecule has 0 aliphatic heterocycles. The van der Waals surface area contributed by atoms with Crippen LogP contribution in [0.1, 0.15) is 10.5 Å². The third kappa shape index (κ3) is 4.40. The zero-order chi connectivity index (χ0) is 15.2.